The van der Waals surface area contributed by atoms with Crippen LogP contribution < -0.4 is 4.74 Å². The predicted molar refractivity (Wildman–Crippen MR) is 80.1 cm³/mol. The molecule has 0 N–H and O–H groups in total. The van der Waals surface area contributed by atoms with Gasteiger partial charge in [-0.3, -0.25) is 0 Å². The van der Waals surface area contributed by atoms with Gasteiger partial charge in [-0.05, 0) is 18.2 Å². The Kier molecular flexibility index (Phi) is 5.36. The summed E-state index contributed by atoms with van der Waals surface area (Å²) in [6.45, 7) is 1.08. The van der Waals surface area contributed by atoms with Crippen LogP contribution in [0.4, 0.5) is 0 Å². The number of pyridine rings is 1. The number of hydrogen-bond acceptors (Lipinski definition) is 5. The van der Waals surface area contributed by atoms with Gasteiger partial charge in [-0.2, -0.15) is 0 Å². The average Bonchev–Trinajstić information content (AvgIpc) is 2.50. The number of benzene rings is 1. The first-order valence-corrected chi connectivity index (χ1v) is 6.84. The van der Waals surface area contributed by atoms with Crippen LogP contribution in [-0.4, -0.2) is 38.4 Å². The lowest BCUT2D eigenvalue weighted by molar-refractivity contribution is 0.0594. The molecule has 5 nitrogen and oxygen atoms in total. The Morgan fingerprint density at radius 3 is 2.76 bits per heavy atom. The molecule has 0 radical (unpaired) electrons. The van der Waals surface area contributed by atoms with E-state index in [0.29, 0.717) is 29.5 Å². The first-order chi connectivity index (χ1) is 10.2. The zero-order valence-electron chi connectivity index (χ0n) is 11.9. The van der Waals surface area contributed by atoms with E-state index in [4.69, 9.17) is 25.8 Å². The number of carbonyl (C=O) groups is 1. The highest BCUT2D eigenvalue weighted by Gasteiger charge is 2.13. The van der Waals surface area contributed by atoms with Crippen molar-refractivity contribution >= 4 is 28.5 Å². The first kappa shape index (κ1) is 15.5. The number of esters is 1. The summed E-state index contributed by atoms with van der Waals surface area (Å²) in [5.41, 5.74) is 0.832. The van der Waals surface area contributed by atoms with Crippen LogP contribution in [0.2, 0.25) is 5.02 Å². The maximum Gasteiger partial charge on any atom is 0.356 e. The van der Waals surface area contributed by atoms with Gasteiger partial charge < -0.3 is 14.2 Å². The van der Waals surface area contributed by atoms with Gasteiger partial charge in [0.25, 0.3) is 0 Å². The summed E-state index contributed by atoms with van der Waals surface area (Å²) in [5, 5.41) is 1.34. The number of methoxy groups -OCH3 is 2. The third-order valence-electron chi connectivity index (χ3n) is 2.88. The van der Waals surface area contributed by atoms with Crippen molar-refractivity contribution in [1.29, 1.82) is 0 Å². The second-order valence-electron chi connectivity index (χ2n) is 4.35. The molecule has 0 bridgehead atoms. The van der Waals surface area contributed by atoms with E-state index >= 15 is 0 Å². The molecule has 1 aromatic carbocycles. The number of rotatable bonds is 6. The third kappa shape index (κ3) is 3.83. The second kappa shape index (κ2) is 7.24. The Bertz CT molecular complexity index is 645. The normalized spacial score (nSPS) is 10.6. The molecule has 1 heterocycles. The van der Waals surface area contributed by atoms with Crippen LogP contribution >= 0.6 is 11.6 Å². The van der Waals surface area contributed by atoms with Gasteiger partial charge in [0.2, 0.25) is 0 Å². The fraction of sp³-hybridized carbons (Fsp3) is 0.333. The molecule has 21 heavy (non-hydrogen) atoms. The summed E-state index contributed by atoms with van der Waals surface area (Å²) >= 11 is 6.01. The standard InChI is InChI=1S/C15H16ClNO4/c1-19-6-3-7-21-14-9-13(15(18)20-2)17-12-5-4-10(16)8-11(12)14/h4-5,8-9H,3,6-7H2,1-2H3. The van der Waals surface area contributed by atoms with E-state index < -0.39 is 5.97 Å². The quantitative estimate of drug-likeness (QED) is 0.606. The molecule has 0 spiro atoms. The molecule has 0 aliphatic rings. The molecule has 0 aliphatic carbocycles. The van der Waals surface area contributed by atoms with Gasteiger partial charge in [-0.25, -0.2) is 9.78 Å². The number of aromatic nitrogens is 1. The Labute approximate surface area is 127 Å². The highest BCUT2D eigenvalue weighted by molar-refractivity contribution is 6.31. The fourth-order valence-corrected chi connectivity index (χ4v) is 2.05. The first-order valence-electron chi connectivity index (χ1n) is 6.46. The summed E-state index contributed by atoms with van der Waals surface area (Å²) in [6, 6.07) is 6.78. The second-order valence-corrected chi connectivity index (χ2v) is 4.79. The minimum absolute atomic E-state index is 0.203. The summed E-state index contributed by atoms with van der Waals surface area (Å²) in [5.74, 6) is 0.0487. The van der Waals surface area contributed by atoms with Gasteiger partial charge >= 0.3 is 5.97 Å². The SMILES string of the molecule is COCCCOc1cc(C(=O)OC)nc2ccc(Cl)cc12. The van der Waals surface area contributed by atoms with E-state index in [0.717, 1.165) is 11.8 Å². The molecule has 1 aromatic heterocycles. The molecule has 2 rings (SSSR count). The average molecular weight is 310 g/mol. The van der Waals surface area contributed by atoms with Crippen molar-refractivity contribution in [3.63, 3.8) is 0 Å². The molecule has 0 amide bonds. The number of hydrogen-bond donors (Lipinski definition) is 0. The van der Waals surface area contributed by atoms with Crippen molar-refractivity contribution in [2.24, 2.45) is 0 Å². The van der Waals surface area contributed by atoms with Crippen LogP contribution in [0.1, 0.15) is 16.9 Å². The van der Waals surface area contributed by atoms with Gasteiger partial charge in [0.1, 0.15) is 5.75 Å². The molecule has 0 atom stereocenters. The molecule has 0 aliphatic heterocycles. The molecular formula is C15H16ClNO4. The molecule has 2 aromatic rings. The highest BCUT2D eigenvalue weighted by atomic mass is 35.5. The van der Waals surface area contributed by atoms with Crippen LogP contribution in [0, 0.1) is 0 Å². The maximum atomic E-state index is 11.7. The smallest absolute Gasteiger partial charge is 0.356 e. The van der Waals surface area contributed by atoms with Crippen molar-refractivity contribution in [3.05, 3.63) is 35.0 Å². The van der Waals surface area contributed by atoms with E-state index in [1.807, 2.05) is 0 Å². The zero-order chi connectivity index (χ0) is 15.2. The molecule has 0 fully saturated rings. The Balaban J connectivity index is 2.38. The molecular weight excluding hydrogens is 294 g/mol. The largest absolute Gasteiger partial charge is 0.493 e. The highest BCUT2D eigenvalue weighted by Crippen LogP contribution is 2.28. The van der Waals surface area contributed by atoms with Crippen molar-refractivity contribution in [3.8, 4) is 5.75 Å². The molecule has 0 saturated carbocycles. The summed E-state index contributed by atoms with van der Waals surface area (Å²) in [4.78, 5) is 15.9. The number of ether oxygens (including phenoxy) is 3. The van der Waals surface area contributed by atoms with Crippen LogP contribution in [0.3, 0.4) is 0 Å². The predicted octanol–water partition coefficient (Wildman–Crippen LogP) is 3.09. The summed E-state index contributed by atoms with van der Waals surface area (Å²) < 4.78 is 15.4. The minimum Gasteiger partial charge on any atom is -0.493 e. The number of halogens is 1. The Morgan fingerprint density at radius 1 is 1.24 bits per heavy atom. The zero-order valence-corrected chi connectivity index (χ0v) is 12.6. The van der Waals surface area contributed by atoms with Gasteiger partial charge in [-0.15, -0.1) is 0 Å². The lowest BCUT2D eigenvalue weighted by Crippen LogP contribution is -2.07. The molecule has 0 unspecified atom stereocenters. The molecule has 112 valence electrons. The Hall–Kier alpha value is -1.85. The van der Waals surface area contributed by atoms with Gasteiger partial charge in [0, 0.05) is 36.6 Å². The van der Waals surface area contributed by atoms with Crippen molar-refractivity contribution in [2.75, 3.05) is 27.4 Å². The Morgan fingerprint density at radius 2 is 2.05 bits per heavy atom. The van der Waals surface area contributed by atoms with Crippen LogP contribution in [0.15, 0.2) is 24.3 Å². The van der Waals surface area contributed by atoms with Crippen LogP contribution in [0.5, 0.6) is 5.75 Å². The van der Waals surface area contributed by atoms with E-state index in [-0.39, 0.29) is 5.69 Å². The number of fused-ring (bicyclic) bond motifs is 1. The minimum atomic E-state index is -0.506. The lowest BCUT2D eigenvalue weighted by Gasteiger charge is -2.11. The number of carbonyl (C=O) groups excluding carboxylic acids is 1. The van der Waals surface area contributed by atoms with E-state index in [2.05, 4.69) is 4.98 Å². The topological polar surface area (TPSA) is 57.7 Å². The van der Waals surface area contributed by atoms with E-state index in [1.54, 1.807) is 31.4 Å². The van der Waals surface area contributed by atoms with Crippen molar-refractivity contribution in [1.82, 2.24) is 4.98 Å². The number of nitrogens with zero attached hydrogens (tertiary/aromatic N) is 1. The maximum absolute atomic E-state index is 11.7. The van der Waals surface area contributed by atoms with E-state index in [9.17, 15) is 4.79 Å². The van der Waals surface area contributed by atoms with Crippen LogP contribution in [-0.2, 0) is 9.47 Å². The van der Waals surface area contributed by atoms with Crippen molar-refractivity contribution in [2.45, 2.75) is 6.42 Å². The monoisotopic (exact) mass is 309 g/mol. The molecule has 0 saturated heterocycles. The fourth-order valence-electron chi connectivity index (χ4n) is 1.88. The lowest BCUT2D eigenvalue weighted by atomic mass is 10.2. The van der Waals surface area contributed by atoms with E-state index in [1.165, 1.54) is 7.11 Å². The summed E-state index contributed by atoms with van der Waals surface area (Å²) in [7, 11) is 2.95. The van der Waals surface area contributed by atoms with Gasteiger partial charge in [-0.1, -0.05) is 11.6 Å². The van der Waals surface area contributed by atoms with Gasteiger partial charge in [0.15, 0.2) is 5.69 Å². The summed E-state index contributed by atoms with van der Waals surface area (Å²) in [6.07, 6.45) is 0.744. The van der Waals surface area contributed by atoms with Crippen LogP contribution in [0.25, 0.3) is 10.9 Å². The molecule has 6 heteroatoms. The van der Waals surface area contributed by atoms with Crippen molar-refractivity contribution < 1.29 is 19.0 Å². The van der Waals surface area contributed by atoms with Gasteiger partial charge in [0.05, 0.1) is 19.2 Å². The third-order valence-corrected chi connectivity index (χ3v) is 3.11.